The lowest BCUT2D eigenvalue weighted by molar-refractivity contribution is -0.138. The summed E-state index contributed by atoms with van der Waals surface area (Å²) in [6, 6.07) is 0.880. The fourth-order valence-corrected chi connectivity index (χ4v) is 1.11. The van der Waals surface area contributed by atoms with Crippen LogP contribution in [0.4, 0.5) is 13.2 Å². The van der Waals surface area contributed by atoms with Crippen molar-refractivity contribution in [2.24, 2.45) is 5.73 Å². The minimum atomic E-state index is -4.43. The molecule has 6 heteroatoms. The van der Waals surface area contributed by atoms with Crippen molar-refractivity contribution in [3.63, 3.8) is 0 Å². The molecule has 1 heterocycles. The number of rotatable bonds is 2. The zero-order chi connectivity index (χ0) is 10.8. The minimum Gasteiger partial charge on any atom is -0.481 e. The van der Waals surface area contributed by atoms with Gasteiger partial charge in [0.1, 0.15) is 0 Å². The van der Waals surface area contributed by atoms with Gasteiger partial charge < -0.3 is 10.5 Å². The molecule has 1 rings (SSSR count). The van der Waals surface area contributed by atoms with Crippen LogP contribution < -0.4 is 10.5 Å². The van der Waals surface area contributed by atoms with E-state index in [-0.39, 0.29) is 18.0 Å². The Bertz CT molecular complexity index is 325. The molecule has 78 valence electrons. The van der Waals surface area contributed by atoms with Gasteiger partial charge in [0.05, 0.1) is 12.7 Å². The average Bonchev–Trinajstić information content (AvgIpc) is 2.15. The topological polar surface area (TPSA) is 48.1 Å². The Morgan fingerprint density at radius 1 is 1.50 bits per heavy atom. The lowest BCUT2D eigenvalue weighted by atomic mass is 10.1. The molecule has 0 spiro atoms. The lowest BCUT2D eigenvalue weighted by Crippen LogP contribution is -2.13. The Balaban J connectivity index is 3.29. The maximum Gasteiger partial charge on any atom is 0.416 e. The van der Waals surface area contributed by atoms with E-state index in [2.05, 4.69) is 9.72 Å². The highest BCUT2D eigenvalue weighted by Gasteiger charge is 2.34. The number of halogens is 3. The maximum atomic E-state index is 12.4. The van der Waals surface area contributed by atoms with E-state index in [4.69, 9.17) is 5.73 Å². The van der Waals surface area contributed by atoms with Crippen LogP contribution in [0.1, 0.15) is 11.1 Å². The third-order valence-corrected chi connectivity index (χ3v) is 1.72. The van der Waals surface area contributed by atoms with E-state index in [1.165, 1.54) is 7.11 Å². The lowest BCUT2D eigenvalue weighted by Gasteiger charge is -2.13. The molecule has 3 nitrogen and oxygen atoms in total. The van der Waals surface area contributed by atoms with Gasteiger partial charge in [0.2, 0.25) is 5.88 Å². The van der Waals surface area contributed by atoms with Crippen molar-refractivity contribution in [2.75, 3.05) is 7.11 Å². The van der Waals surface area contributed by atoms with Crippen molar-refractivity contribution in [1.29, 1.82) is 0 Å². The van der Waals surface area contributed by atoms with Crippen LogP contribution in [0.15, 0.2) is 12.3 Å². The molecule has 0 aliphatic carbocycles. The number of aromatic nitrogens is 1. The smallest absolute Gasteiger partial charge is 0.416 e. The first kappa shape index (κ1) is 10.8. The number of pyridine rings is 1. The number of methoxy groups -OCH3 is 1. The fourth-order valence-electron chi connectivity index (χ4n) is 1.11. The second kappa shape index (κ2) is 3.83. The van der Waals surface area contributed by atoms with Crippen molar-refractivity contribution in [1.82, 2.24) is 4.98 Å². The molecule has 0 amide bonds. The van der Waals surface area contributed by atoms with E-state index >= 15 is 0 Å². The van der Waals surface area contributed by atoms with Crippen LogP contribution in [-0.2, 0) is 12.7 Å². The first-order valence-electron chi connectivity index (χ1n) is 3.79. The Hall–Kier alpha value is -1.30. The van der Waals surface area contributed by atoms with E-state index in [1.54, 1.807) is 0 Å². The largest absolute Gasteiger partial charge is 0.481 e. The highest BCUT2D eigenvalue weighted by Crippen LogP contribution is 2.34. The molecule has 14 heavy (non-hydrogen) atoms. The van der Waals surface area contributed by atoms with Crippen molar-refractivity contribution >= 4 is 0 Å². The number of ether oxygens (including phenoxy) is 1. The zero-order valence-electron chi connectivity index (χ0n) is 7.43. The molecule has 0 saturated carbocycles. The molecule has 0 bridgehead atoms. The zero-order valence-corrected chi connectivity index (χ0v) is 7.43. The van der Waals surface area contributed by atoms with E-state index < -0.39 is 11.7 Å². The first-order valence-corrected chi connectivity index (χ1v) is 3.79. The van der Waals surface area contributed by atoms with E-state index in [9.17, 15) is 13.2 Å². The standard InChI is InChI=1S/C8H9F3N2O/c1-14-7-5(4-12)6(2-3-13-7)8(9,10)11/h2-3H,4,12H2,1H3. The summed E-state index contributed by atoms with van der Waals surface area (Å²) in [6.45, 7) is -0.258. The van der Waals surface area contributed by atoms with Crippen molar-refractivity contribution < 1.29 is 17.9 Å². The summed E-state index contributed by atoms with van der Waals surface area (Å²) in [6.07, 6.45) is -3.38. The van der Waals surface area contributed by atoms with Crippen LogP contribution in [0.5, 0.6) is 5.88 Å². The molecule has 0 unspecified atom stereocenters. The monoisotopic (exact) mass is 206 g/mol. The number of alkyl halides is 3. The van der Waals surface area contributed by atoms with Crippen LogP contribution in [0.25, 0.3) is 0 Å². The van der Waals surface area contributed by atoms with E-state index in [0.29, 0.717) is 0 Å². The molecule has 2 N–H and O–H groups in total. The molecular weight excluding hydrogens is 197 g/mol. The van der Waals surface area contributed by atoms with Crippen LogP contribution in [0, 0.1) is 0 Å². The van der Waals surface area contributed by atoms with Gasteiger partial charge in [-0.1, -0.05) is 0 Å². The molecule has 0 radical (unpaired) electrons. The number of nitrogens with zero attached hydrogens (tertiary/aromatic N) is 1. The van der Waals surface area contributed by atoms with Gasteiger partial charge in [0.25, 0.3) is 0 Å². The SMILES string of the molecule is COc1nccc(C(F)(F)F)c1CN. The number of hydrogen-bond acceptors (Lipinski definition) is 3. The molecule has 1 aromatic rings. The first-order chi connectivity index (χ1) is 6.50. The fraction of sp³-hybridized carbons (Fsp3) is 0.375. The van der Waals surface area contributed by atoms with Crippen LogP contribution in [-0.4, -0.2) is 12.1 Å². The highest BCUT2D eigenvalue weighted by atomic mass is 19.4. The summed E-state index contributed by atoms with van der Waals surface area (Å²) in [5.74, 6) is -0.0812. The molecular formula is C8H9F3N2O. The maximum absolute atomic E-state index is 12.4. The number of nitrogens with two attached hydrogens (primary N) is 1. The Kier molecular flexibility index (Phi) is 2.95. The molecule has 0 fully saturated rings. The molecule has 1 aromatic heterocycles. The molecule has 0 aliphatic rings. The summed E-state index contributed by atoms with van der Waals surface area (Å²) >= 11 is 0. The average molecular weight is 206 g/mol. The molecule has 0 aromatic carbocycles. The molecule has 0 aliphatic heterocycles. The van der Waals surface area contributed by atoms with Crippen LogP contribution >= 0.6 is 0 Å². The Labute approximate surface area is 78.7 Å². The minimum absolute atomic E-state index is 0.0812. The Morgan fingerprint density at radius 3 is 2.57 bits per heavy atom. The second-order valence-electron chi connectivity index (χ2n) is 2.55. The number of hydrogen-bond donors (Lipinski definition) is 1. The second-order valence-corrected chi connectivity index (χ2v) is 2.55. The summed E-state index contributed by atoms with van der Waals surface area (Å²) < 4.78 is 41.9. The van der Waals surface area contributed by atoms with Crippen LogP contribution in [0.3, 0.4) is 0 Å². The van der Waals surface area contributed by atoms with Gasteiger partial charge in [-0.15, -0.1) is 0 Å². The third kappa shape index (κ3) is 1.95. The summed E-state index contributed by atoms with van der Waals surface area (Å²) in [4.78, 5) is 3.64. The normalized spacial score (nSPS) is 11.5. The van der Waals surface area contributed by atoms with E-state index in [0.717, 1.165) is 12.3 Å². The van der Waals surface area contributed by atoms with Crippen molar-refractivity contribution in [2.45, 2.75) is 12.7 Å². The van der Waals surface area contributed by atoms with Gasteiger partial charge in [-0.25, -0.2) is 4.98 Å². The van der Waals surface area contributed by atoms with E-state index in [1.807, 2.05) is 0 Å². The van der Waals surface area contributed by atoms with Gasteiger partial charge in [0.15, 0.2) is 0 Å². The third-order valence-electron chi connectivity index (χ3n) is 1.72. The summed E-state index contributed by atoms with van der Waals surface area (Å²) in [7, 11) is 1.25. The molecule has 0 saturated heterocycles. The summed E-state index contributed by atoms with van der Waals surface area (Å²) in [5, 5.41) is 0. The summed E-state index contributed by atoms with van der Waals surface area (Å²) in [5.41, 5.74) is 4.28. The van der Waals surface area contributed by atoms with Gasteiger partial charge in [0, 0.05) is 18.3 Å². The van der Waals surface area contributed by atoms with Crippen molar-refractivity contribution in [3.8, 4) is 5.88 Å². The van der Waals surface area contributed by atoms with Gasteiger partial charge >= 0.3 is 6.18 Å². The molecule has 0 atom stereocenters. The predicted octanol–water partition coefficient (Wildman–Crippen LogP) is 1.57. The Morgan fingerprint density at radius 2 is 2.14 bits per heavy atom. The van der Waals surface area contributed by atoms with Gasteiger partial charge in [-0.05, 0) is 6.07 Å². The quantitative estimate of drug-likeness (QED) is 0.798. The predicted molar refractivity (Wildman–Crippen MR) is 43.7 cm³/mol. The van der Waals surface area contributed by atoms with Gasteiger partial charge in [-0.2, -0.15) is 13.2 Å². The van der Waals surface area contributed by atoms with Crippen molar-refractivity contribution in [3.05, 3.63) is 23.4 Å². The van der Waals surface area contributed by atoms with Crippen LogP contribution in [0.2, 0.25) is 0 Å². The highest BCUT2D eigenvalue weighted by molar-refractivity contribution is 5.36. The van der Waals surface area contributed by atoms with Gasteiger partial charge in [-0.3, -0.25) is 0 Å².